The van der Waals surface area contributed by atoms with Crippen molar-refractivity contribution >= 4 is 11.5 Å². The first-order valence-corrected chi connectivity index (χ1v) is 11.8. The molecule has 1 aromatic rings. The first-order valence-electron chi connectivity index (χ1n) is 11.8. The number of primary amides is 1. The van der Waals surface area contributed by atoms with Gasteiger partial charge in [0.05, 0.1) is 11.7 Å². The quantitative estimate of drug-likeness (QED) is 0.491. The minimum Gasteiger partial charge on any atom is -0.381 e. The Labute approximate surface area is 193 Å². The van der Waals surface area contributed by atoms with E-state index in [4.69, 9.17) is 10.5 Å². The van der Waals surface area contributed by atoms with Crippen molar-refractivity contribution in [2.45, 2.75) is 63.6 Å². The van der Waals surface area contributed by atoms with Gasteiger partial charge in [-0.25, -0.2) is 4.39 Å². The zero-order valence-electron chi connectivity index (χ0n) is 19.2. The van der Waals surface area contributed by atoms with Crippen LogP contribution in [0.5, 0.6) is 0 Å². The zero-order valence-corrected chi connectivity index (χ0v) is 19.2. The monoisotopic (exact) mass is 470 g/mol. The second-order valence-electron chi connectivity index (χ2n) is 9.32. The van der Waals surface area contributed by atoms with Crippen LogP contribution < -0.4 is 5.73 Å². The molecule has 0 spiro atoms. The van der Waals surface area contributed by atoms with E-state index in [2.05, 4.69) is 4.90 Å². The molecule has 1 amide bonds. The summed E-state index contributed by atoms with van der Waals surface area (Å²) >= 11 is 0. The minimum atomic E-state index is -4.48. The van der Waals surface area contributed by atoms with Crippen LogP contribution in [0.25, 0.3) is 5.57 Å². The highest BCUT2D eigenvalue weighted by atomic mass is 19.4. The number of halogens is 4. The summed E-state index contributed by atoms with van der Waals surface area (Å²) in [5.41, 5.74) is 5.16. The van der Waals surface area contributed by atoms with Crippen molar-refractivity contribution in [3.8, 4) is 0 Å². The molecule has 0 saturated heterocycles. The number of amides is 1. The highest BCUT2D eigenvalue weighted by Crippen LogP contribution is 2.36. The maximum atomic E-state index is 14.2. The number of hydrogen-bond donors (Lipinski definition) is 1. The Morgan fingerprint density at radius 3 is 2.55 bits per heavy atom. The van der Waals surface area contributed by atoms with Gasteiger partial charge in [0.1, 0.15) is 5.82 Å². The summed E-state index contributed by atoms with van der Waals surface area (Å²) in [5.74, 6) is 0.208. The van der Waals surface area contributed by atoms with E-state index in [1.54, 1.807) is 7.11 Å². The molecule has 4 nitrogen and oxygen atoms in total. The first-order chi connectivity index (χ1) is 15.7. The number of ether oxygens (including phenoxy) is 1. The molecule has 2 N–H and O–H groups in total. The third-order valence-corrected chi connectivity index (χ3v) is 7.18. The molecule has 1 saturated carbocycles. The third-order valence-electron chi connectivity index (χ3n) is 7.18. The van der Waals surface area contributed by atoms with Gasteiger partial charge in [-0.3, -0.25) is 9.69 Å². The van der Waals surface area contributed by atoms with E-state index >= 15 is 0 Å². The number of benzene rings is 1. The Morgan fingerprint density at radius 1 is 1.24 bits per heavy atom. The maximum Gasteiger partial charge on any atom is 0.416 e. The van der Waals surface area contributed by atoms with Crippen LogP contribution in [-0.4, -0.2) is 43.7 Å². The van der Waals surface area contributed by atoms with Gasteiger partial charge in [0.25, 0.3) is 0 Å². The topological polar surface area (TPSA) is 55.6 Å². The molecule has 8 heteroatoms. The lowest BCUT2D eigenvalue weighted by Crippen LogP contribution is -2.32. The number of alkyl halides is 3. The molecule has 1 aliphatic carbocycles. The fourth-order valence-corrected chi connectivity index (χ4v) is 5.15. The van der Waals surface area contributed by atoms with Gasteiger partial charge in [-0.15, -0.1) is 0 Å². The molecule has 3 rings (SSSR count). The number of rotatable bonds is 9. The predicted molar refractivity (Wildman–Crippen MR) is 120 cm³/mol. The molecule has 1 aliphatic heterocycles. The summed E-state index contributed by atoms with van der Waals surface area (Å²) in [6, 6.07) is 2.62. The standard InChI is InChI=1S/C25H34F4N2O2/c1-33-23(8-9-24(30)32)19-4-2-17(3-5-19)10-13-31-14-11-18(12-15-31)21-16-20(25(27,28)29)6-7-22(21)26/h6-7,11,16-17,19,23H,2-5,8-10,12-15H2,1H3,(H2,30,32). The van der Waals surface area contributed by atoms with Crippen molar-refractivity contribution in [2.75, 3.05) is 26.7 Å². The van der Waals surface area contributed by atoms with Gasteiger partial charge in [0, 0.05) is 32.2 Å². The second-order valence-corrected chi connectivity index (χ2v) is 9.32. The number of carbonyl (C=O) groups is 1. The largest absolute Gasteiger partial charge is 0.416 e. The Morgan fingerprint density at radius 2 is 1.97 bits per heavy atom. The van der Waals surface area contributed by atoms with Crippen molar-refractivity contribution in [3.63, 3.8) is 0 Å². The van der Waals surface area contributed by atoms with Crippen molar-refractivity contribution in [1.82, 2.24) is 4.90 Å². The molecule has 1 fully saturated rings. The van der Waals surface area contributed by atoms with Crippen LogP contribution in [0.15, 0.2) is 24.3 Å². The van der Waals surface area contributed by atoms with E-state index < -0.39 is 17.6 Å². The molecule has 1 atom stereocenters. The summed E-state index contributed by atoms with van der Waals surface area (Å²) in [6.07, 6.45) is 4.55. The van der Waals surface area contributed by atoms with Crippen LogP contribution in [0.2, 0.25) is 0 Å². The predicted octanol–water partition coefficient (Wildman–Crippen LogP) is 5.41. The smallest absolute Gasteiger partial charge is 0.381 e. The number of carbonyl (C=O) groups excluding carboxylic acids is 1. The summed E-state index contributed by atoms with van der Waals surface area (Å²) in [7, 11) is 1.70. The van der Waals surface area contributed by atoms with E-state index in [1.165, 1.54) is 0 Å². The van der Waals surface area contributed by atoms with Gasteiger partial charge in [-0.2, -0.15) is 13.2 Å². The lowest BCUT2D eigenvalue weighted by molar-refractivity contribution is -0.137. The number of nitrogens with zero attached hydrogens (tertiary/aromatic N) is 1. The van der Waals surface area contributed by atoms with Crippen molar-refractivity contribution < 1.29 is 27.1 Å². The van der Waals surface area contributed by atoms with Crippen LogP contribution in [-0.2, 0) is 15.7 Å². The lowest BCUT2D eigenvalue weighted by Gasteiger charge is -2.34. The Kier molecular flexibility index (Phi) is 8.93. The lowest BCUT2D eigenvalue weighted by atomic mass is 9.77. The highest BCUT2D eigenvalue weighted by molar-refractivity contribution is 5.73. The summed E-state index contributed by atoms with van der Waals surface area (Å²) in [6.45, 7) is 2.27. The van der Waals surface area contributed by atoms with Gasteiger partial charge < -0.3 is 10.5 Å². The molecule has 1 unspecified atom stereocenters. The van der Waals surface area contributed by atoms with Crippen LogP contribution in [0, 0.1) is 17.7 Å². The third kappa shape index (κ3) is 7.27. The fourth-order valence-electron chi connectivity index (χ4n) is 5.15. The molecule has 33 heavy (non-hydrogen) atoms. The molecule has 1 aromatic carbocycles. The highest BCUT2D eigenvalue weighted by Gasteiger charge is 2.32. The van der Waals surface area contributed by atoms with Crippen LogP contribution in [0.4, 0.5) is 17.6 Å². The Balaban J connectivity index is 1.45. The molecular formula is C25H34F4N2O2. The summed E-state index contributed by atoms with van der Waals surface area (Å²) < 4.78 is 58.7. The van der Waals surface area contributed by atoms with Gasteiger partial charge in [-0.1, -0.05) is 18.9 Å². The Hall–Kier alpha value is -1.93. The molecule has 0 bridgehead atoms. The fraction of sp³-hybridized carbons (Fsp3) is 0.640. The van der Waals surface area contributed by atoms with E-state index in [-0.39, 0.29) is 17.6 Å². The van der Waals surface area contributed by atoms with E-state index in [0.29, 0.717) is 43.2 Å². The molecule has 1 heterocycles. The number of nitrogens with two attached hydrogens (primary N) is 1. The summed E-state index contributed by atoms with van der Waals surface area (Å²) in [4.78, 5) is 13.3. The first kappa shape index (κ1) is 25.7. The SMILES string of the molecule is COC(CCC(N)=O)C1CCC(CCN2CC=C(c3cc(C(F)(F)F)ccc3F)CC2)CC1. The molecule has 0 radical (unpaired) electrons. The van der Waals surface area contributed by atoms with E-state index in [9.17, 15) is 22.4 Å². The average Bonchev–Trinajstić information content (AvgIpc) is 2.78. The van der Waals surface area contributed by atoms with Crippen LogP contribution in [0.1, 0.15) is 62.5 Å². The maximum absolute atomic E-state index is 14.2. The van der Waals surface area contributed by atoms with Crippen LogP contribution in [0.3, 0.4) is 0 Å². The van der Waals surface area contributed by atoms with Crippen molar-refractivity contribution in [2.24, 2.45) is 17.6 Å². The average molecular weight is 471 g/mol. The molecule has 184 valence electrons. The molecular weight excluding hydrogens is 436 g/mol. The summed E-state index contributed by atoms with van der Waals surface area (Å²) in [5, 5.41) is 0. The Bertz CT molecular complexity index is 832. The van der Waals surface area contributed by atoms with Gasteiger partial charge in [-0.05, 0) is 74.3 Å². The number of methoxy groups -OCH3 is 1. The molecule has 0 aromatic heterocycles. The molecule has 2 aliphatic rings. The van der Waals surface area contributed by atoms with Crippen molar-refractivity contribution in [3.05, 3.63) is 41.2 Å². The van der Waals surface area contributed by atoms with Crippen LogP contribution >= 0.6 is 0 Å². The zero-order chi connectivity index (χ0) is 24.0. The normalized spacial score (nSPS) is 23.2. The minimum absolute atomic E-state index is 0.0619. The van der Waals surface area contributed by atoms with Gasteiger partial charge in [0.2, 0.25) is 5.91 Å². The van der Waals surface area contributed by atoms with E-state index in [1.807, 2.05) is 6.08 Å². The van der Waals surface area contributed by atoms with E-state index in [0.717, 1.165) is 63.4 Å². The van der Waals surface area contributed by atoms with Gasteiger partial charge >= 0.3 is 6.18 Å². The van der Waals surface area contributed by atoms with Gasteiger partial charge in [0.15, 0.2) is 0 Å². The van der Waals surface area contributed by atoms with Crippen molar-refractivity contribution in [1.29, 1.82) is 0 Å². The number of hydrogen-bond acceptors (Lipinski definition) is 3. The second kappa shape index (κ2) is 11.5.